The Labute approximate surface area is 161 Å². The molecule has 27 heavy (non-hydrogen) atoms. The highest BCUT2D eigenvalue weighted by Gasteiger charge is 2.27. The number of anilines is 2. The van der Waals surface area contributed by atoms with Crippen molar-refractivity contribution in [3.63, 3.8) is 0 Å². The number of carbonyl (C=O) groups is 1. The molecule has 1 amide bonds. The third kappa shape index (κ3) is 5.01. The largest absolute Gasteiger partial charge is 0.506 e. The van der Waals surface area contributed by atoms with E-state index in [9.17, 15) is 22.7 Å². The van der Waals surface area contributed by atoms with Gasteiger partial charge in [0.25, 0.3) is 10.0 Å². The van der Waals surface area contributed by atoms with Crippen LogP contribution < -0.4 is 15.4 Å². The minimum Gasteiger partial charge on any atom is -0.506 e. The molecule has 0 saturated carbocycles. The number of halogens is 2. The molecule has 0 atom stereocenters. The van der Waals surface area contributed by atoms with Gasteiger partial charge in [-0.2, -0.15) is 0 Å². The summed E-state index contributed by atoms with van der Waals surface area (Å²) in [7, 11) is -4.18. The summed E-state index contributed by atoms with van der Waals surface area (Å²) in [5.74, 6) is -1.29. The van der Waals surface area contributed by atoms with E-state index in [-0.39, 0.29) is 52.5 Å². The van der Waals surface area contributed by atoms with E-state index in [0.717, 1.165) is 22.5 Å². The minimum atomic E-state index is -4.18. The van der Waals surface area contributed by atoms with E-state index < -0.39 is 15.8 Å². The van der Waals surface area contributed by atoms with Crippen LogP contribution in [0.15, 0.2) is 41.3 Å². The monoisotopic (exact) mass is 415 g/mol. The second-order valence-corrected chi connectivity index (χ2v) is 8.01. The zero-order valence-electron chi connectivity index (χ0n) is 14.4. The second-order valence-electron chi connectivity index (χ2n) is 5.74. The molecule has 0 heterocycles. The molecule has 0 radical (unpaired) electrons. The number of phenolic OH excluding ortho intramolecular Hbond substituents is 1. The van der Waals surface area contributed by atoms with Crippen molar-refractivity contribution >= 4 is 38.9 Å². The summed E-state index contributed by atoms with van der Waals surface area (Å²) in [6.07, 6.45) is 0.266. The molecule has 7 nitrogen and oxygen atoms in total. The highest BCUT2D eigenvalue weighted by atomic mass is 35.5. The first-order valence-electron chi connectivity index (χ1n) is 7.93. The van der Waals surface area contributed by atoms with Crippen molar-refractivity contribution in [2.24, 2.45) is 0 Å². The number of hydrogen-bond acceptors (Lipinski definition) is 5. The van der Waals surface area contributed by atoms with Crippen molar-refractivity contribution < 1.29 is 22.7 Å². The molecular formula is C17H19ClFN3O4S. The molecule has 0 bridgehead atoms. The van der Waals surface area contributed by atoms with Gasteiger partial charge in [0, 0.05) is 25.7 Å². The van der Waals surface area contributed by atoms with Crippen LogP contribution in [0.5, 0.6) is 5.75 Å². The van der Waals surface area contributed by atoms with Crippen molar-refractivity contribution in [1.29, 1.82) is 0 Å². The van der Waals surface area contributed by atoms with E-state index in [0.29, 0.717) is 0 Å². The van der Waals surface area contributed by atoms with Crippen molar-refractivity contribution in [2.45, 2.75) is 18.2 Å². The average Bonchev–Trinajstić information content (AvgIpc) is 2.59. The molecule has 0 aliphatic heterocycles. The maximum absolute atomic E-state index is 13.4. The number of amides is 1. The number of nitrogens with one attached hydrogen (secondary N) is 1. The molecule has 2 aromatic carbocycles. The van der Waals surface area contributed by atoms with E-state index in [1.54, 1.807) is 0 Å². The van der Waals surface area contributed by atoms with E-state index in [1.165, 1.54) is 25.1 Å². The standard InChI is InChI=1S/C17H19ClFN3O4S/c1-11(23)21-7-2-8-22(16-9-12(20)3-6-17(16)24)27(25,26)13-4-5-15(19)14(18)10-13/h3-6,9-10,24H,2,7-8,20H2,1H3,(H,21,23). The van der Waals surface area contributed by atoms with Crippen LogP contribution >= 0.6 is 11.6 Å². The third-order valence-corrected chi connectivity index (χ3v) is 5.76. The topological polar surface area (TPSA) is 113 Å². The Morgan fingerprint density at radius 3 is 2.63 bits per heavy atom. The maximum atomic E-state index is 13.4. The highest BCUT2D eigenvalue weighted by Crippen LogP contribution is 2.34. The molecule has 0 spiro atoms. The van der Waals surface area contributed by atoms with E-state index in [4.69, 9.17) is 17.3 Å². The number of sulfonamides is 1. The smallest absolute Gasteiger partial charge is 0.264 e. The lowest BCUT2D eigenvalue weighted by Crippen LogP contribution is -2.34. The normalized spacial score (nSPS) is 11.2. The Hall–Kier alpha value is -2.52. The fourth-order valence-corrected chi connectivity index (χ4v) is 4.14. The molecule has 0 aromatic heterocycles. The number of carbonyl (C=O) groups excluding carboxylic acids is 1. The number of hydrogen-bond donors (Lipinski definition) is 3. The maximum Gasteiger partial charge on any atom is 0.264 e. The fraction of sp³-hybridized carbons (Fsp3) is 0.235. The summed E-state index contributed by atoms with van der Waals surface area (Å²) in [6.45, 7) is 1.52. The summed E-state index contributed by atoms with van der Waals surface area (Å²) in [6, 6.07) is 7.05. The Morgan fingerprint density at radius 2 is 2.00 bits per heavy atom. The number of benzene rings is 2. The summed E-state index contributed by atoms with van der Waals surface area (Å²) in [5.41, 5.74) is 5.95. The summed E-state index contributed by atoms with van der Waals surface area (Å²) < 4.78 is 40.6. The molecule has 0 saturated heterocycles. The SMILES string of the molecule is CC(=O)NCCCN(c1cc(N)ccc1O)S(=O)(=O)c1ccc(F)c(Cl)c1. The Morgan fingerprint density at radius 1 is 1.30 bits per heavy atom. The predicted molar refractivity (Wildman–Crippen MR) is 102 cm³/mol. The lowest BCUT2D eigenvalue weighted by Gasteiger charge is -2.25. The van der Waals surface area contributed by atoms with Crippen molar-refractivity contribution in [1.82, 2.24) is 5.32 Å². The van der Waals surface area contributed by atoms with Gasteiger partial charge in [0.15, 0.2) is 0 Å². The van der Waals surface area contributed by atoms with Crippen LogP contribution in [0, 0.1) is 5.82 Å². The van der Waals surface area contributed by atoms with Crippen molar-refractivity contribution in [2.75, 3.05) is 23.1 Å². The second kappa shape index (κ2) is 8.45. The molecule has 0 aliphatic carbocycles. The molecule has 10 heteroatoms. The zero-order chi connectivity index (χ0) is 20.2. The zero-order valence-corrected chi connectivity index (χ0v) is 16.0. The van der Waals surface area contributed by atoms with Gasteiger partial charge in [0.2, 0.25) is 5.91 Å². The lowest BCUT2D eigenvalue weighted by atomic mass is 10.2. The van der Waals surface area contributed by atoms with E-state index in [2.05, 4.69) is 5.32 Å². The molecule has 146 valence electrons. The minimum absolute atomic E-state index is 0.0294. The van der Waals surface area contributed by atoms with Gasteiger partial charge >= 0.3 is 0 Å². The first-order chi connectivity index (χ1) is 12.6. The number of nitrogens with two attached hydrogens (primary N) is 1. The molecule has 0 aliphatic rings. The average molecular weight is 416 g/mol. The molecule has 4 N–H and O–H groups in total. The van der Waals surface area contributed by atoms with Crippen LogP contribution in [-0.4, -0.2) is 32.5 Å². The number of aromatic hydroxyl groups is 1. The van der Waals surface area contributed by atoms with Crippen LogP contribution in [0.2, 0.25) is 5.02 Å². The fourth-order valence-electron chi connectivity index (χ4n) is 2.36. The van der Waals surface area contributed by atoms with Gasteiger partial charge < -0.3 is 16.2 Å². The number of rotatable bonds is 7. The van der Waals surface area contributed by atoms with E-state index in [1.807, 2.05) is 0 Å². The lowest BCUT2D eigenvalue weighted by molar-refractivity contribution is -0.118. The molecule has 2 rings (SSSR count). The van der Waals surface area contributed by atoms with Crippen LogP contribution in [-0.2, 0) is 14.8 Å². The number of nitrogen functional groups attached to an aromatic ring is 1. The summed E-state index contributed by atoms with van der Waals surface area (Å²) in [5, 5.41) is 12.4. The van der Waals surface area contributed by atoms with E-state index >= 15 is 0 Å². The van der Waals surface area contributed by atoms with Gasteiger partial charge in [-0.05, 0) is 42.8 Å². The predicted octanol–water partition coefficient (Wildman–Crippen LogP) is 2.49. The van der Waals surface area contributed by atoms with Gasteiger partial charge in [-0.3, -0.25) is 9.10 Å². The van der Waals surface area contributed by atoms with Gasteiger partial charge in [-0.15, -0.1) is 0 Å². The van der Waals surface area contributed by atoms with Crippen LogP contribution in [0.4, 0.5) is 15.8 Å². The summed E-state index contributed by atoms with van der Waals surface area (Å²) >= 11 is 5.71. The Balaban J connectivity index is 2.45. The summed E-state index contributed by atoms with van der Waals surface area (Å²) in [4.78, 5) is 10.8. The Kier molecular flexibility index (Phi) is 6.50. The molecular weight excluding hydrogens is 397 g/mol. The number of phenols is 1. The molecule has 2 aromatic rings. The quantitative estimate of drug-likeness (QED) is 0.365. The van der Waals surface area contributed by atoms with Gasteiger partial charge in [0.1, 0.15) is 11.6 Å². The van der Waals surface area contributed by atoms with Gasteiger partial charge in [-0.25, -0.2) is 12.8 Å². The van der Waals surface area contributed by atoms with Crippen LogP contribution in [0.3, 0.4) is 0 Å². The van der Waals surface area contributed by atoms with Crippen molar-refractivity contribution in [3.8, 4) is 5.75 Å². The molecule has 0 unspecified atom stereocenters. The van der Waals surface area contributed by atoms with Crippen LogP contribution in [0.25, 0.3) is 0 Å². The van der Waals surface area contributed by atoms with Crippen LogP contribution in [0.1, 0.15) is 13.3 Å². The van der Waals surface area contributed by atoms with Gasteiger partial charge in [-0.1, -0.05) is 11.6 Å². The third-order valence-electron chi connectivity index (χ3n) is 3.66. The number of nitrogens with zero attached hydrogens (tertiary/aromatic N) is 1. The van der Waals surface area contributed by atoms with Crippen molar-refractivity contribution in [3.05, 3.63) is 47.2 Å². The Bertz CT molecular complexity index is 953. The first-order valence-corrected chi connectivity index (χ1v) is 9.75. The molecule has 0 fully saturated rings. The first kappa shape index (κ1) is 20.8. The van der Waals surface area contributed by atoms with Gasteiger partial charge in [0.05, 0.1) is 15.6 Å². The highest BCUT2D eigenvalue weighted by molar-refractivity contribution is 7.92.